The van der Waals surface area contributed by atoms with Crippen LogP contribution in [0.4, 0.5) is 11.4 Å². The normalized spacial score (nSPS) is 16.1. The van der Waals surface area contributed by atoms with Crippen LogP contribution in [-0.2, 0) is 20.8 Å². The Balaban J connectivity index is 1.43. The van der Waals surface area contributed by atoms with Gasteiger partial charge in [-0.25, -0.2) is 9.89 Å². The molecule has 4 rings (SSSR count). The standard InChI is InChI=1S/C27H31N5O3S/c1-3-5-16-28-23(33)15-14-22-26(35)32-25(30-22)20-8-6-7-9-21(20)31-27(32)36-17-24(34)29-19-12-10-18(4-2)11-13-19/h6-13,22H,3-5,14-17H2,1-2H3,(H,28,33)(H,29,34). The van der Waals surface area contributed by atoms with Gasteiger partial charge in [0.1, 0.15) is 11.9 Å². The molecule has 2 N–H and O–H groups in total. The summed E-state index contributed by atoms with van der Waals surface area (Å²) in [6.45, 7) is 4.79. The Bertz CT molecular complexity index is 1190. The molecule has 2 aromatic rings. The Labute approximate surface area is 215 Å². The van der Waals surface area contributed by atoms with Crippen LogP contribution < -0.4 is 10.6 Å². The highest BCUT2D eigenvalue weighted by atomic mass is 32.2. The highest BCUT2D eigenvalue weighted by Gasteiger charge is 2.41. The zero-order chi connectivity index (χ0) is 25.5. The number of aliphatic imine (C=N–C) groups is 2. The molecular formula is C27H31N5O3S. The highest BCUT2D eigenvalue weighted by molar-refractivity contribution is 8.14. The highest BCUT2D eigenvalue weighted by Crippen LogP contribution is 2.34. The third-order valence-electron chi connectivity index (χ3n) is 6.02. The zero-order valence-corrected chi connectivity index (χ0v) is 21.4. The van der Waals surface area contributed by atoms with Gasteiger partial charge in [-0.05, 0) is 49.1 Å². The maximum Gasteiger partial charge on any atom is 0.259 e. The predicted molar refractivity (Wildman–Crippen MR) is 145 cm³/mol. The van der Waals surface area contributed by atoms with Crippen molar-refractivity contribution in [3.8, 4) is 0 Å². The first-order valence-electron chi connectivity index (χ1n) is 12.4. The van der Waals surface area contributed by atoms with Crippen LogP contribution in [0.25, 0.3) is 0 Å². The van der Waals surface area contributed by atoms with Gasteiger partial charge >= 0.3 is 0 Å². The molecular weight excluding hydrogens is 474 g/mol. The first-order chi connectivity index (χ1) is 17.5. The van der Waals surface area contributed by atoms with Crippen molar-refractivity contribution in [2.24, 2.45) is 9.98 Å². The molecule has 2 heterocycles. The summed E-state index contributed by atoms with van der Waals surface area (Å²) in [5.41, 5.74) is 3.40. The fourth-order valence-electron chi connectivity index (χ4n) is 4.00. The fraction of sp³-hybridized carbons (Fsp3) is 0.370. The number of benzene rings is 2. The van der Waals surface area contributed by atoms with Crippen LogP contribution >= 0.6 is 11.8 Å². The summed E-state index contributed by atoms with van der Waals surface area (Å²) in [7, 11) is 0. The molecule has 9 heteroatoms. The largest absolute Gasteiger partial charge is 0.356 e. The van der Waals surface area contributed by atoms with E-state index in [-0.39, 0.29) is 29.9 Å². The number of unbranched alkanes of at least 4 members (excludes halogenated alkanes) is 1. The number of amidine groups is 2. The molecule has 8 nitrogen and oxygen atoms in total. The number of rotatable bonds is 10. The number of nitrogens with zero attached hydrogens (tertiary/aromatic N) is 3. The average molecular weight is 506 g/mol. The molecule has 0 radical (unpaired) electrons. The molecule has 0 aliphatic carbocycles. The van der Waals surface area contributed by atoms with Crippen LogP contribution in [0.2, 0.25) is 0 Å². The average Bonchev–Trinajstić information content (AvgIpc) is 3.23. The molecule has 0 bridgehead atoms. The van der Waals surface area contributed by atoms with Gasteiger partial charge in [0.2, 0.25) is 11.8 Å². The minimum atomic E-state index is -0.653. The number of carbonyl (C=O) groups excluding carboxylic acids is 3. The van der Waals surface area contributed by atoms with Crippen LogP contribution in [0, 0.1) is 0 Å². The maximum absolute atomic E-state index is 13.3. The number of hydrogen-bond donors (Lipinski definition) is 2. The van der Waals surface area contributed by atoms with Gasteiger partial charge in [-0.2, -0.15) is 0 Å². The van der Waals surface area contributed by atoms with E-state index in [2.05, 4.69) is 34.5 Å². The lowest BCUT2D eigenvalue weighted by atomic mass is 10.1. The first-order valence-corrected chi connectivity index (χ1v) is 13.4. The summed E-state index contributed by atoms with van der Waals surface area (Å²) in [6, 6.07) is 14.6. The molecule has 36 heavy (non-hydrogen) atoms. The molecule has 2 aliphatic rings. The van der Waals surface area contributed by atoms with Gasteiger partial charge in [0.25, 0.3) is 5.91 Å². The van der Waals surface area contributed by atoms with Gasteiger partial charge in [0.15, 0.2) is 5.17 Å². The Morgan fingerprint density at radius 3 is 2.58 bits per heavy atom. The van der Waals surface area contributed by atoms with Crippen LogP contribution in [-0.4, -0.2) is 52.0 Å². The number of nitrogens with one attached hydrogen (secondary N) is 2. The van der Waals surface area contributed by atoms with Gasteiger partial charge < -0.3 is 10.6 Å². The van der Waals surface area contributed by atoms with Crippen molar-refractivity contribution in [3.05, 3.63) is 59.7 Å². The summed E-state index contributed by atoms with van der Waals surface area (Å²) in [4.78, 5) is 48.9. The number of amides is 3. The molecule has 0 fully saturated rings. The summed E-state index contributed by atoms with van der Waals surface area (Å²) in [6.07, 6.45) is 3.42. The Morgan fingerprint density at radius 2 is 1.83 bits per heavy atom. The molecule has 0 saturated carbocycles. The summed E-state index contributed by atoms with van der Waals surface area (Å²) < 4.78 is 0. The van der Waals surface area contributed by atoms with Gasteiger partial charge in [0.05, 0.1) is 11.4 Å². The Morgan fingerprint density at radius 1 is 1.06 bits per heavy atom. The molecule has 3 amide bonds. The number of hydrogen-bond acceptors (Lipinski definition) is 6. The smallest absolute Gasteiger partial charge is 0.259 e. The quantitative estimate of drug-likeness (QED) is 0.471. The van der Waals surface area contributed by atoms with E-state index >= 15 is 0 Å². The zero-order valence-electron chi connectivity index (χ0n) is 20.6. The topological polar surface area (TPSA) is 103 Å². The third-order valence-corrected chi connectivity index (χ3v) is 6.96. The number of para-hydroxylation sites is 1. The number of thioether (sulfide) groups is 1. The SMILES string of the molecule is CCCCNC(=O)CCC1N=C2c3ccccc3N=C(SCC(=O)Nc3ccc(CC)cc3)N2C1=O. The monoisotopic (exact) mass is 505 g/mol. The van der Waals surface area contributed by atoms with Crippen molar-refractivity contribution in [1.82, 2.24) is 10.2 Å². The second kappa shape index (κ2) is 12.0. The Hall–Kier alpha value is -3.46. The minimum absolute atomic E-state index is 0.0753. The van der Waals surface area contributed by atoms with Crippen molar-refractivity contribution >= 4 is 51.9 Å². The second-order valence-corrected chi connectivity index (χ2v) is 9.63. The van der Waals surface area contributed by atoms with E-state index in [1.54, 1.807) is 0 Å². The van der Waals surface area contributed by atoms with E-state index in [1.807, 2.05) is 48.5 Å². The van der Waals surface area contributed by atoms with Crippen LogP contribution in [0.15, 0.2) is 58.5 Å². The first kappa shape index (κ1) is 25.6. The number of aryl methyl sites for hydroxylation is 1. The summed E-state index contributed by atoms with van der Waals surface area (Å²) >= 11 is 1.20. The van der Waals surface area contributed by atoms with Crippen LogP contribution in [0.3, 0.4) is 0 Å². The molecule has 2 aliphatic heterocycles. The van der Waals surface area contributed by atoms with E-state index in [0.29, 0.717) is 29.7 Å². The molecule has 0 aromatic heterocycles. The van der Waals surface area contributed by atoms with Crippen LogP contribution in [0.1, 0.15) is 50.7 Å². The van der Waals surface area contributed by atoms with E-state index < -0.39 is 6.04 Å². The van der Waals surface area contributed by atoms with Gasteiger partial charge in [-0.1, -0.05) is 56.3 Å². The van der Waals surface area contributed by atoms with E-state index in [0.717, 1.165) is 30.5 Å². The van der Waals surface area contributed by atoms with Crippen LogP contribution in [0.5, 0.6) is 0 Å². The maximum atomic E-state index is 13.3. The second-order valence-electron chi connectivity index (χ2n) is 8.68. The lowest BCUT2D eigenvalue weighted by Gasteiger charge is -2.25. The molecule has 2 aromatic carbocycles. The molecule has 0 spiro atoms. The van der Waals surface area contributed by atoms with Gasteiger partial charge in [-0.3, -0.25) is 19.4 Å². The molecule has 1 unspecified atom stereocenters. The van der Waals surface area contributed by atoms with Crippen molar-refractivity contribution in [1.29, 1.82) is 0 Å². The summed E-state index contributed by atoms with van der Waals surface area (Å²) in [5, 5.41) is 6.20. The fourth-order valence-corrected chi connectivity index (χ4v) is 4.80. The molecule has 1 atom stereocenters. The predicted octanol–water partition coefficient (Wildman–Crippen LogP) is 4.28. The molecule has 0 saturated heterocycles. The lowest BCUT2D eigenvalue weighted by molar-refractivity contribution is -0.125. The number of fused-ring (bicyclic) bond motifs is 3. The third kappa shape index (κ3) is 6.02. The van der Waals surface area contributed by atoms with Crippen molar-refractivity contribution in [2.45, 2.75) is 52.0 Å². The lowest BCUT2D eigenvalue weighted by Crippen LogP contribution is -2.41. The van der Waals surface area contributed by atoms with Crippen molar-refractivity contribution < 1.29 is 14.4 Å². The van der Waals surface area contributed by atoms with Crippen molar-refractivity contribution in [2.75, 3.05) is 17.6 Å². The number of anilines is 1. The number of carbonyl (C=O) groups is 3. The minimum Gasteiger partial charge on any atom is -0.356 e. The Kier molecular flexibility index (Phi) is 8.53. The van der Waals surface area contributed by atoms with Gasteiger partial charge in [-0.15, -0.1) is 0 Å². The summed E-state index contributed by atoms with van der Waals surface area (Å²) in [5.74, 6) is 0.144. The van der Waals surface area contributed by atoms with E-state index in [9.17, 15) is 14.4 Å². The van der Waals surface area contributed by atoms with E-state index in [4.69, 9.17) is 0 Å². The van der Waals surface area contributed by atoms with Crippen molar-refractivity contribution in [3.63, 3.8) is 0 Å². The molecule has 188 valence electrons. The van der Waals surface area contributed by atoms with Gasteiger partial charge in [0, 0.05) is 24.2 Å². The van der Waals surface area contributed by atoms with E-state index in [1.165, 1.54) is 22.2 Å².